The fraction of sp³-hybridized carbons (Fsp3) is 0.412. The van der Waals surface area contributed by atoms with E-state index in [9.17, 15) is 13.2 Å². The minimum absolute atomic E-state index is 0.579. The summed E-state index contributed by atoms with van der Waals surface area (Å²) in [4.78, 5) is 12.7. The Hall–Kier alpha value is -1.83. The topological polar surface area (TPSA) is 32.3 Å². The van der Waals surface area contributed by atoms with Crippen molar-refractivity contribution in [2.75, 3.05) is 36.0 Å². The lowest BCUT2D eigenvalue weighted by molar-refractivity contribution is -0.137. The van der Waals surface area contributed by atoms with Crippen LogP contribution in [0.4, 0.5) is 24.8 Å². The molecule has 1 aliphatic heterocycles. The number of rotatable bonds is 2. The van der Waals surface area contributed by atoms with Gasteiger partial charge in [-0.25, -0.2) is 9.97 Å². The van der Waals surface area contributed by atoms with Gasteiger partial charge in [0, 0.05) is 43.0 Å². The molecule has 0 spiro atoms. The molecule has 4 nitrogen and oxygen atoms in total. The van der Waals surface area contributed by atoms with Gasteiger partial charge in [0.2, 0.25) is 0 Å². The van der Waals surface area contributed by atoms with Crippen molar-refractivity contribution >= 4 is 27.6 Å². The van der Waals surface area contributed by atoms with Crippen LogP contribution >= 0.6 is 15.9 Å². The van der Waals surface area contributed by atoms with Crippen molar-refractivity contribution < 1.29 is 13.2 Å². The van der Waals surface area contributed by atoms with E-state index in [0.717, 1.165) is 54.2 Å². The van der Waals surface area contributed by atoms with Crippen LogP contribution in [-0.4, -0.2) is 36.1 Å². The van der Waals surface area contributed by atoms with E-state index in [4.69, 9.17) is 0 Å². The molecule has 0 aliphatic carbocycles. The monoisotopic (exact) mass is 414 g/mol. The van der Waals surface area contributed by atoms with Gasteiger partial charge in [-0.15, -0.1) is 0 Å². The van der Waals surface area contributed by atoms with Crippen molar-refractivity contribution in [2.45, 2.75) is 19.5 Å². The summed E-state index contributed by atoms with van der Waals surface area (Å²) >= 11 is 3.42. The second-order valence-electron chi connectivity index (χ2n) is 6.02. The SMILES string of the molecule is Cc1cc(Br)cnc1N1CCCN(c2ccc(C(F)(F)F)cn2)CC1. The van der Waals surface area contributed by atoms with E-state index < -0.39 is 11.7 Å². The first-order valence-electron chi connectivity index (χ1n) is 8.00. The van der Waals surface area contributed by atoms with Crippen LogP contribution in [0.3, 0.4) is 0 Å². The Bertz CT molecular complexity index is 734. The highest BCUT2D eigenvalue weighted by Crippen LogP contribution is 2.29. The van der Waals surface area contributed by atoms with E-state index in [-0.39, 0.29) is 0 Å². The molecule has 0 radical (unpaired) electrons. The lowest BCUT2D eigenvalue weighted by atomic mass is 10.2. The predicted octanol–water partition coefficient (Wildman–Crippen LogP) is 4.28. The Balaban J connectivity index is 1.71. The van der Waals surface area contributed by atoms with Crippen molar-refractivity contribution in [1.29, 1.82) is 0 Å². The van der Waals surface area contributed by atoms with E-state index in [1.54, 1.807) is 6.20 Å². The molecule has 0 bridgehead atoms. The van der Waals surface area contributed by atoms with Crippen LogP contribution in [0.2, 0.25) is 0 Å². The van der Waals surface area contributed by atoms with Crippen LogP contribution in [0, 0.1) is 6.92 Å². The van der Waals surface area contributed by atoms with Crippen LogP contribution < -0.4 is 9.80 Å². The van der Waals surface area contributed by atoms with Crippen molar-refractivity contribution in [2.24, 2.45) is 0 Å². The smallest absolute Gasteiger partial charge is 0.355 e. The number of hydrogen-bond acceptors (Lipinski definition) is 4. The summed E-state index contributed by atoms with van der Waals surface area (Å²) in [6, 6.07) is 4.56. The number of aryl methyl sites for hydroxylation is 1. The highest BCUT2D eigenvalue weighted by atomic mass is 79.9. The Labute approximate surface area is 152 Å². The zero-order valence-corrected chi connectivity index (χ0v) is 15.3. The first-order valence-corrected chi connectivity index (χ1v) is 8.79. The Morgan fingerprint density at radius 2 is 1.72 bits per heavy atom. The molecule has 0 unspecified atom stereocenters. The minimum Gasteiger partial charge on any atom is -0.355 e. The van der Waals surface area contributed by atoms with Gasteiger partial charge in [-0.2, -0.15) is 13.2 Å². The molecule has 0 aromatic carbocycles. The van der Waals surface area contributed by atoms with Crippen molar-refractivity contribution in [3.8, 4) is 0 Å². The maximum absolute atomic E-state index is 12.7. The minimum atomic E-state index is -4.36. The van der Waals surface area contributed by atoms with E-state index in [1.807, 2.05) is 17.9 Å². The van der Waals surface area contributed by atoms with Crippen LogP contribution in [0.5, 0.6) is 0 Å². The number of alkyl halides is 3. The molecule has 0 atom stereocenters. The van der Waals surface area contributed by atoms with E-state index in [0.29, 0.717) is 12.4 Å². The molecule has 134 valence electrons. The second kappa shape index (κ2) is 7.19. The summed E-state index contributed by atoms with van der Waals surface area (Å²) in [5.41, 5.74) is 0.373. The third-order valence-electron chi connectivity index (χ3n) is 4.21. The summed E-state index contributed by atoms with van der Waals surface area (Å²) in [6.45, 7) is 5.07. The first kappa shape index (κ1) is 18.0. The van der Waals surface area contributed by atoms with Crippen LogP contribution in [0.25, 0.3) is 0 Å². The normalized spacial score (nSPS) is 16.0. The van der Waals surface area contributed by atoms with Gasteiger partial charge in [0.1, 0.15) is 11.6 Å². The Morgan fingerprint density at radius 1 is 1.00 bits per heavy atom. The largest absolute Gasteiger partial charge is 0.417 e. The molecule has 2 aromatic rings. The van der Waals surface area contributed by atoms with Gasteiger partial charge < -0.3 is 9.80 Å². The molecule has 1 saturated heterocycles. The fourth-order valence-corrected chi connectivity index (χ4v) is 3.41. The number of nitrogens with zero attached hydrogens (tertiary/aromatic N) is 4. The van der Waals surface area contributed by atoms with E-state index in [2.05, 4.69) is 30.8 Å². The fourth-order valence-electron chi connectivity index (χ4n) is 2.96. The molecule has 8 heteroatoms. The number of anilines is 2. The van der Waals surface area contributed by atoms with Crippen LogP contribution in [0.1, 0.15) is 17.5 Å². The third-order valence-corrected chi connectivity index (χ3v) is 4.65. The second-order valence-corrected chi connectivity index (χ2v) is 6.94. The number of aromatic nitrogens is 2. The molecular formula is C17H18BrF3N4. The maximum Gasteiger partial charge on any atom is 0.417 e. The number of halogens is 4. The van der Waals surface area contributed by atoms with E-state index >= 15 is 0 Å². The van der Waals surface area contributed by atoms with Gasteiger partial charge >= 0.3 is 6.18 Å². The standard InChI is InChI=1S/C17H18BrF3N4/c1-12-9-14(18)11-23-16(12)25-6-2-5-24(7-8-25)15-4-3-13(10-22-15)17(19,20)21/h3-4,9-11H,2,5-8H2,1H3. The van der Waals surface area contributed by atoms with Gasteiger partial charge in [-0.3, -0.25) is 0 Å². The average molecular weight is 415 g/mol. The first-order chi connectivity index (χ1) is 11.8. The van der Waals surface area contributed by atoms with Crippen molar-refractivity contribution in [3.05, 3.63) is 46.2 Å². The molecule has 2 aromatic heterocycles. The summed E-state index contributed by atoms with van der Waals surface area (Å²) < 4.78 is 38.9. The summed E-state index contributed by atoms with van der Waals surface area (Å²) in [7, 11) is 0. The predicted molar refractivity (Wildman–Crippen MR) is 95.0 cm³/mol. The van der Waals surface area contributed by atoms with Crippen molar-refractivity contribution in [3.63, 3.8) is 0 Å². The quantitative estimate of drug-likeness (QED) is 0.733. The molecule has 3 heterocycles. The molecule has 1 fully saturated rings. The number of pyridine rings is 2. The zero-order chi connectivity index (χ0) is 18.0. The lowest BCUT2D eigenvalue weighted by Gasteiger charge is -2.24. The van der Waals surface area contributed by atoms with E-state index in [1.165, 1.54) is 6.07 Å². The van der Waals surface area contributed by atoms with Crippen LogP contribution in [-0.2, 0) is 6.18 Å². The highest BCUT2D eigenvalue weighted by molar-refractivity contribution is 9.10. The molecule has 1 aliphatic rings. The Kier molecular flexibility index (Phi) is 5.17. The van der Waals surface area contributed by atoms with Crippen LogP contribution in [0.15, 0.2) is 35.1 Å². The molecule has 25 heavy (non-hydrogen) atoms. The molecule has 3 rings (SSSR count). The average Bonchev–Trinajstić information content (AvgIpc) is 2.80. The number of hydrogen-bond donors (Lipinski definition) is 0. The molecular weight excluding hydrogens is 397 g/mol. The van der Waals surface area contributed by atoms with Gasteiger partial charge in [-0.1, -0.05) is 0 Å². The maximum atomic E-state index is 12.7. The highest BCUT2D eigenvalue weighted by Gasteiger charge is 2.31. The summed E-state index contributed by atoms with van der Waals surface area (Å²) in [6.07, 6.45) is -0.785. The molecule has 0 amide bonds. The van der Waals surface area contributed by atoms with Crippen molar-refractivity contribution in [1.82, 2.24) is 9.97 Å². The summed E-state index contributed by atoms with van der Waals surface area (Å²) in [5, 5.41) is 0. The van der Waals surface area contributed by atoms with Gasteiger partial charge in [0.15, 0.2) is 0 Å². The van der Waals surface area contributed by atoms with Gasteiger partial charge in [0.25, 0.3) is 0 Å². The van der Waals surface area contributed by atoms with Gasteiger partial charge in [-0.05, 0) is 53.0 Å². The lowest BCUT2D eigenvalue weighted by Crippen LogP contribution is -2.32. The zero-order valence-electron chi connectivity index (χ0n) is 13.7. The van der Waals surface area contributed by atoms with Gasteiger partial charge in [0.05, 0.1) is 5.56 Å². The Morgan fingerprint density at radius 3 is 2.36 bits per heavy atom. The summed E-state index contributed by atoms with van der Waals surface area (Å²) in [5.74, 6) is 1.53. The molecule has 0 N–H and O–H groups in total. The molecule has 0 saturated carbocycles. The third kappa shape index (κ3) is 4.23.